The molecular weight excluding hydrogens is 234 g/mol. The number of carbonyl (C=O) groups excluding carboxylic acids is 2. The Bertz CT molecular complexity index is 197. The summed E-state index contributed by atoms with van der Waals surface area (Å²) in [6.45, 7) is 8.61. The van der Waals surface area contributed by atoms with E-state index in [1.54, 1.807) is 0 Å². The van der Waals surface area contributed by atoms with Crippen molar-refractivity contribution >= 4 is 11.9 Å². The molecule has 0 rings (SSSR count). The monoisotopic (exact) mass is 261 g/mol. The number of unbranched alkanes of at least 4 members (excludes halogenated alkanes) is 1. The third-order valence-electron chi connectivity index (χ3n) is 1.90. The van der Waals surface area contributed by atoms with Crippen LogP contribution in [0.3, 0.4) is 0 Å². The molecule has 108 valence electrons. The standard InChI is InChI=1S/C9H17NO4.C4H10/c1-3-5-13-8(11)7(10)9(12)14-6-4-2;1-3-4-2/h7H,3-6,10H2,1-2H3;3-4H2,1-2H3. The minimum absolute atomic E-state index is 0.271. The molecule has 0 amide bonds. The highest BCUT2D eigenvalue weighted by molar-refractivity contribution is 5.98. The van der Waals surface area contributed by atoms with Crippen LogP contribution < -0.4 is 5.73 Å². The summed E-state index contributed by atoms with van der Waals surface area (Å²) >= 11 is 0. The minimum atomic E-state index is -1.31. The van der Waals surface area contributed by atoms with E-state index in [0.717, 1.165) is 0 Å². The van der Waals surface area contributed by atoms with E-state index in [1.807, 2.05) is 13.8 Å². The van der Waals surface area contributed by atoms with Gasteiger partial charge in [0.05, 0.1) is 13.2 Å². The van der Waals surface area contributed by atoms with E-state index in [1.165, 1.54) is 12.8 Å². The van der Waals surface area contributed by atoms with Crippen molar-refractivity contribution in [2.75, 3.05) is 13.2 Å². The van der Waals surface area contributed by atoms with Gasteiger partial charge in [-0.3, -0.25) is 0 Å². The third kappa shape index (κ3) is 11.4. The maximum atomic E-state index is 11.1. The summed E-state index contributed by atoms with van der Waals surface area (Å²) in [5.41, 5.74) is 5.29. The summed E-state index contributed by atoms with van der Waals surface area (Å²) in [5.74, 6) is -1.46. The highest BCUT2D eigenvalue weighted by atomic mass is 16.6. The van der Waals surface area contributed by atoms with Crippen LogP contribution in [0.2, 0.25) is 0 Å². The van der Waals surface area contributed by atoms with Gasteiger partial charge < -0.3 is 15.2 Å². The molecule has 0 unspecified atom stereocenters. The molecule has 0 aromatic rings. The summed E-state index contributed by atoms with van der Waals surface area (Å²) in [5, 5.41) is 0. The van der Waals surface area contributed by atoms with Gasteiger partial charge in [0.1, 0.15) is 0 Å². The van der Waals surface area contributed by atoms with Gasteiger partial charge in [-0.1, -0.05) is 40.5 Å². The molecule has 0 bridgehead atoms. The van der Waals surface area contributed by atoms with Crippen LogP contribution in [0, 0.1) is 0 Å². The fourth-order valence-corrected chi connectivity index (χ4v) is 0.681. The molecule has 0 fully saturated rings. The van der Waals surface area contributed by atoms with E-state index in [-0.39, 0.29) is 13.2 Å². The quantitative estimate of drug-likeness (QED) is 0.560. The predicted molar refractivity (Wildman–Crippen MR) is 71.1 cm³/mol. The summed E-state index contributed by atoms with van der Waals surface area (Å²) in [4.78, 5) is 22.1. The van der Waals surface area contributed by atoms with Crippen molar-refractivity contribution in [2.45, 2.75) is 59.4 Å². The Labute approximate surface area is 110 Å². The van der Waals surface area contributed by atoms with E-state index < -0.39 is 18.0 Å². The Kier molecular flexibility index (Phi) is 14.9. The first-order valence-electron chi connectivity index (χ1n) is 6.63. The van der Waals surface area contributed by atoms with E-state index >= 15 is 0 Å². The molecule has 0 radical (unpaired) electrons. The van der Waals surface area contributed by atoms with Crippen molar-refractivity contribution in [3.05, 3.63) is 0 Å². The SMILES string of the molecule is CCCC.CCCOC(=O)C(N)C(=O)OCCC. The van der Waals surface area contributed by atoms with Crippen molar-refractivity contribution < 1.29 is 19.1 Å². The first-order chi connectivity index (χ1) is 8.54. The highest BCUT2D eigenvalue weighted by Gasteiger charge is 2.24. The number of ether oxygens (including phenoxy) is 2. The van der Waals surface area contributed by atoms with Gasteiger partial charge in [0, 0.05) is 0 Å². The van der Waals surface area contributed by atoms with Crippen LogP contribution in [0.5, 0.6) is 0 Å². The number of hydrogen-bond acceptors (Lipinski definition) is 5. The zero-order valence-corrected chi connectivity index (χ0v) is 12.0. The van der Waals surface area contributed by atoms with E-state index in [4.69, 9.17) is 5.73 Å². The van der Waals surface area contributed by atoms with Crippen LogP contribution in [0.1, 0.15) is 53.4 Å². The van der Waals surface area contributed by atoms with Crippen molar-refractivity contribution in [2.24, 2.45) is 5.73 Å². The fraction of sp³-hybridized carbons (Fsp3) is 0.846. The third-order valence-corrected chi connectivity index (χ3v) is 1.90. The van der Waals surface area contributed by atoms with Crippen LogP contribution in [0.4, 0.5) is 0 Å². The number of esters is 2. The molecule has 0 spiro atoms. The largest absolute Gasteiger partial charge is 0.464 e. The number of hydrogen-bond donors (Lipinski definition) is 1. The Morgan fingerprint density at radius 2 is 1.17 bits per heavy atom. The van der Waals surface area contributed by atoms with E-state index in [9.17, 15) is 9.59 Å². The number of rotatable bonds is 7. The van der Waals surface area contributed by atoms with Gasteiger partial charge in [0.15, 0.2) is 0 Å². The van der Waals surface area contributed by atoms with Crippen molar-refractivity contribution in [3.8, 4) is 0 Å². The topological polar surface area (TPSA) is 78.6 Å². The van der Waals surface area contributed by atoms with Crippen LogP contribution in [-0.2, 0) is 19.1 Å². The molecular formula is C13H27NO4. The summed E-state index contributed by atoms with van der Waals surface area (Å²) in [6.07, 6.45) is 4.03. The van der Waals surface area contributed by atoms with Gasteiger partial charge in [-0.2, -0.15) is 0 Å². The summed E-state index contributed by atoms with van der Waals surface area (Å²) in [7, 11) is 0. The Balaban J connectivity index is 0. The van der Waals surface area contributed by atoms with Crippen LogP contribution in [-0.4, -0.2) is 31.2 Å². The molecule has 0 atom stereocenters. The van der Waals surface area contributed by atoms with Crippen molar-refractivity contribution in [1.29, 1.82) is 0 Å². The Morgan fingerprint density at radius 1 is 0.833 bits per heavy atom. The second-order valence-corrected chi connectivity index (χ2v) is 3.81. The second-order valence-electron chi connectivity index (χ2n) is 3.81. The normalized spacial score (nSPS) is 9.44. The fourth-order valence-electron chi connectivity index (χ4n) is 0.681. The van der Waals surface area contributed by atoms with Gasteiger partial charge in [0.25, 0.3) is 0 Å². The molecule has 0 aliphatic heterocycles. The molecule has 2 N–H and O–H groups in total. The molecule has 0 aromatic carbocycles. The molecule has 0 aromatic heterocycles. The Morgan fingerprint density at radius 3 is 1.39 bits per heavy atom. The van der Waals surface area contributed by atoms with Gasteiger partial charge in [-0.25, -0.2) is 9.59 Å². The maximum absolute atomic E-state index is 11.1. The van der Waals surface area contributed by atoms with Gasteiger partial charge in [0.2, 0.25) is 6.04 Å². The average Bonchev–Trinajstić information content (AvgIpc) is 2.41. The first-order valence-corrected chi connectivity index (χ1v) is 6.63. The molecule has 18 heavy (non-hydrogen) atoms. The summed E-state index contributed by atoms with van der Waals surface area (Å²) in [6, 6.07) is -1.31. The second kappa shape index (κ2) is 14.0. The molecule has 0 aliphatic rings. The van der Waals surface area contributed by atoms with Crippen molar-refractivity contribution in [1.82, 2.24) is 0 Å². The molecule has 0 saturated carbocycles. The molecule has 5 nitrogen and oxygen atoms in total. The lowest BCUT2D eigenvalue weighted by Crippen LogP contribution is -2.41. The van der Waals surface area contributed by atoms with E-state index in [0.29, 0.717) is 12.8 Å². The zero-order valence-electron chi connectivity index (χ0n) is 12.0. The average molecular weight is 261 g/mol. The van der Waals surface area contributed by atoms with Crippen LogP contribution >= 0.6 is 0 Å². The lowest BCUT2D eigenvalue weighted by Gasteiger charge is -2.10. The predicted octanol–water partition coefficient (Wildman–Crippen LogP) is 2.03. The summed E-state index contributed by atoms with van der Waals surface area (Å²) < 4.78 is 9.38. The van der Waals surface area contributed by atoms with Crippen LogP contribution in [0.25, 0.3) is 0 Å². The first kappa shape index (κ1) is 19.2. The van der Waals surface area contributed by atoms with Gasteiger partial charge in [-0.15, -0.1) is 0 Å². The maximum Gasteiger partial charge on any atom is 0.334 e. The Hall–Kier alpha value is -1.10. The van der Waals surface area contributed by atoms with Crippen LogP contribution in [0.15, 0.2) is 0 Å². The smallest absolute Gasteiger partial charge is 0.334 e. The van der Waals surface area contributed by atoms with Gasteiger partial charge >= 0.3 is 11.9 Å². The molecule has 0 saturated heterocycles. The van der Waals surface area contributed by atoms with E-state index in [2.05, 4.69) is 23.3 Å². The molecule has 5 heteroatoms. The number of nitrogens with two attached hydrogens (primary N) is 1. The molecule has 0 heterocycles. The minimum Gasteiger partial charge on any atom is -0.464 e. The van der Waals surface area contributed by atoms with Gasteiger partial charge in [-0.05, 0) is 12.8 Å². The molecule has 0 aliphatic carbocycles. The number of carbonyl (C=O) groups is 2. The zero-order chi connectivity index (χ0) is 14.4. The lowest BCUT2D eigenvalue weighted by molar-refractivity contribution is -0.157. The van der Waals surface area contributed by atoms with Crippen molar-refractivity contribution in [3.63, 3.8) is 0 Å². The lowest BCUT2D eigenvalue weighted by atomic mass is 10.3. The highest BCUT2D eigenvalue weighted by Crippen LogP contribution is 1.92.